The van der Waals surface area contributed by atoms with Gasteiger partial charge in [-0.2, -0.15) is 0 Å². The fourth-order valence-corrected chi connectivity index (χ4v) is 2.58. The molecule has 1 fully saturated rings. The third kappa shape index (κ3) is 3.67. The van der Waals surface area contributed by atoms with Gasteiger partial charge < -0.3 is 15.0 Å². The van der Waals surface area contributed by atoms with Crippen LogP contribution in [0.5, 0.6) is 5.88 Å². The van der Waals surface area contributed by atoms with Gasteiger partial charge in [0.05, 0.1) is 0 Å². The molecule has 1 aromatic heterocycles. The van der Waals surface area contributed by atoms with Crippen molar-refractivity contribution in [1.29, 1.82) is 0 Å². The summed E-state index contributed by atoms with van der Waals surface area (Å²) in [5, 5.41) is 3.20. The minimum Gasteiger partial charge on any atom is -0.474 e. The number of aromatic nitrogens is 1. The number of likely N-dealkylation sites (tertiary alicyclic amines) is 1. The van der Waals surface area contributed by atoms with E-state index in [1.165, 1.54) is 11.1 Å². The highest BCUT2D eigenvalue weighted by Gasteiger charge is 2.20. The van der Waals surface area contributed by atoms with Crippen molar-refractivity contribution in [3.63, 3.8) is 0 Å². The van der Waals surface area contributed by atoms with Gasteiger partial charge in [-0.3, -0.25) is 0 Å². The Balaban J connectivity index is 2.14. The van der Waals surface area contributed by atoms with E-state index in [-0.39, 0.29) is 0 Å². The van der Waals surface area contributed by atoms with Gasteiger partial charge in [-0.15, -0.1) is 0 Å². The molecule has 1 saturated heterocycles. The first-order valence-corrected chi connectivity index (χ1v) is 7.07. The SMILES string of the molecule is CNCc1c(C)cc(C)nc1OC1CCN(C)CC1. The Hall–Kier alpha value is -1.13. The fourth-order valence-electron chi connectivity index (χ4n) is 2.58. The lowest BCUT2D eigenvalue weighted by atomic mass is 10.1. The quantitative estimate of drug-likeness (QED) is 0.900. The van der Waals surface area contributed by atoms with Crippen molar-refractivity contribution in [2.45, 2.75) is 39.3 Å². The highest BCUT2D eigenvalue weighted by molar-refractivity contribution is 5.36. The Labute approximate surface area is 116 Å². The van der Waals surface area contributed by atoms with Crippen LogP contribution in [0.15, 0.2) is 6.07 Å². The molecular formula is C15H25N3O. The second-order valence-corrected chi connectivity index (χ2v) is 5.52. The molecule has 19 heavy (non-hydrogen) atoms. The third-order valence-corrected chi connectivity index (χ3v) is 3.73. The second kappa shape index (κ2) is 6.35. The third-order valence-electron chi connectivity index (χ3n) is 3.73. The molecule has 1 aromatic rings. The van der Waals surface area contributed by atoms with Crippen LogP contribution in [0.25, 0.3) is 0 Å². The molecule has 0 saturated carbocycles. The van der Waals surface area contributed by atoms with Gasteiger partial charge >= 0.3 is 0 Å². The number of pyridine rings is 1. The van der Waals surface area contributed by atoms with Gasteiger partial charge in [0.1, 0.15) is 6.10 Å². The van der Waals surface area contributed by atoms with E-state index in [9.17, 15) is 0 Å². The molecule has 0 amide bonds. The minimum absolute atomic E-state index is 0.306. The van der Waals surface area contributed by atoms with Crippen LogP contribution in [0.4, 0.5) is 0 Å². The van der Waals surface area contributed by atoms with Crippen LogP contribution in [0.2, 0.25) is 0 Å². The summed E-state index contributed by atoms with van der Waals surface area (Å²) in [7, 11) is 4.12. The van der Waals surface area contributed by atoms with E-state index >= 15 is 0 Å². The molecule has 0 aromatic carbocycles. The summed E-state index contributed by atoms with van der Waals surface area (Å²) in [6.07, 6.45) is 2.48. The summed E-state index contributed by atoms with van der Waals surface area (Å²) in [6.45, 7) is 7.18. The zero-order chi connectivity index (χ0) is 13.8. The maximum absolute atomic E-state index is 6.17. The first kappa shape index (κ1) is 14.3. The monoisotopic (exact) mass is 263 g/mol. The number of hydrogen-bond donors (Lipinski definition) is 1. The molecule has 2 rings (SSSR count). The van der Waals surface area contributed by atoms with E-state index in [4.69, 9.17) is 4.74 Å². The van der Waals surface area contributed by atoms with Crippen LogP contribution in [0, 0.1) is 13.8 Å². The van der Waals surface area contributed by atoms with Crippen molar-refractivity contribution in [3.8, 4) is 5.88 Å². The van der Waals surface area contributed by atoms with Gasteiger partial charge in [-0.1, -0.05) is 0 Å². The maximum atomic E-state index is 6.17. The van der Waals surface area contributed by atoms with Crippen molar-refractivity contribution in [1.82, 2.24) is 15.2 Å². The van der Waals surface area contributed by atoms with Crippen molar-refractivity contribution >= 4 is 0 Å². The van der Waals surface area contributed by atoms with E-state index in [2.05, 4.69) is 35.2 Å². The van der Waals surface area contributed by atoms with E-state index in [1.54, 1.807) is 0 Å². The normalized spacial score (nSPS) is 17.7. The van der Waals surface area contributed by atoms with E-state index < -0.39 is 0 Å². The van der Waals surface area contributed by atoms with Crippen LogP contribution in [0.1, 0.15) is 29.7 Å². The van der Waals surface area contributed by atoms with Crippen molar-refractivity contribution in [2.75, 3.05) is 27.2 Å². The number of rotatable bonds is 4. The minimum atomic E-state index is 0.306. The molecule has 1 aliphatic heterocycles. The lowest BCUT2D eigenvalue weighted by Gasteiger charge is -2.29. The molecule has 0 spiro atoms. The molecular weight excluding hydrogens is 238 g/mol. The Morgan fingerprint density at radius 3 is 2.68 bits per heavy atom. The summed E-state index contributed by atoms with van der Waals surface area (Å²) in [5.41, 5.74) is 3.47. The summed E-state index contributed by atoms with van der Waals surface area (Å²) >= 11 is 0. The zero-order valence-corrected chi connectivity index (χ0v) is 12.5. The molecule has 106 valence electrons. The van der Waals surface area contributed by atoms with Crippen LogP contribution in [0.3, 0.4) is 0 Å². The predicted molar refractivity (Wildman–Crippen MR) is 77.6 cm³/mol. The van der Waals surface area contributed by atoms with Gasteiger partial charge in [-0.05, 0) is 52.4 Å². The summed E-state index contributed by atoms with van der Waals surface area (Å²) < 4.78 is 6.17. The molecule has 0 unspecified atom stereocenters. The molecule has 1 N–H and O–H groups in total. The Morgan fingerprint density at radius 1 is 1.37 bits per heavy atom. The Morgan fingerprint density at radius 2 is 2.05 bits per heavy atom. The second-order valence-electron chi connectivity index (χ2n) is 5.52. The van der Waals surface area contributed by atoms with Gasteiger partial charge in [0.25, 0.3) is 0 Å². The van der Waals surface area contributed by atoms with Crippen LogP contribution in [-0.4, -0.2) is 43.2 Å². The largest absolute Gasteiger partial charge is 0.474 e. The number of nitrogens with zero attached hydrogens (tertiary/aromatic N) is 2. The Kier molecular flexibility index (Phi) is 4.77. The van der Waals surface area contributed by atoms with Gasteiger partial charge in [-0.25, -0.2) is 4.98 Å². The standard InChI is InChI=1S/C15H25N3O/c1-11-9-12(2)17-15(14(11)10-16-3)19-13-5-7-18(4)8-6-13/h9,13,16H,5-8,10H2,1-4H3. The zero-order valence-electron chi connectivity index (χ0n) is 12.5. The molecule has 1 aliphatic rings. The highest BCUT2D eigenvalue weighted by Crippen LogP contribution is 2.24. The first-order chi connectivity index (χ1) is 9.10. The number of hydrogen-bond acceptors (Lipinski definition) is 4. The molecule has 0 bridgehead atoms. The van der Waals surface area contributed by atoms with Gasteiger partial charge in [0.2, 0.25) is 5.88 Å². The fraction of sp³-hybridized carbons (Fsp3) is 0.667. The lowest BCUT2D eigenvalue weighted by Crippen LogP contribution is -2.36. The van der Waals surface area contributed by atoms with E-state index in [0.29, 0.717) is 6.10 Å². The van der Waals surface area contributed by atoms with E-state index in [1.807, 2.05) is 14.0 Å². The smallest absolute Gasteiger partial charge is 0.218 e. The Bertz CT molecular complexity index is 426. The van der Waals surface area contributed by atoms with Crippen molar-refractivity contribution < 1.29 is 4.74 Å². The number of aryl methyl sites for hydroxylation is 2. The molecule has 2 heterocycles. The van der Waals surface area contributed by atoms with Gasteiger partial charge in [0, 0.05) is 30.9 Å². The summed E-state index contributed by atoms with van der Waals surface area (Å²) in [5.74, 6) is 0.821. The predicted octanol–water partition coefficient (Wildman–Crippen LogP) is 1.89. The molecule has 0 radical (unpaired) electrons. The topological polar surface area (TPSA) is 37.4 Å². The lowest BCUT2D eigenvalue weighted by molar-refractivity contribution is 0.108. The highest BCUT2D eigenvalue weighted by atomic mass is 16.5. The van der Waals surface area contributed by atoms with E-state index in [0.717, 1.165) is 44.0 Å². The number of piperidine rings is 1. The molecule has 0 aliphatic carbocycles. The van der Waals surface area contributed by atoms with Crippen molar-refractivity contribution in [3.05, 3.63) is 22.9 Å². The van der Waals surface area contributed by atoms with Crippen LogP contribution < -0.4 is 10.1 Å². The number of nitrogens with one attached hydrogen (secondary N) is 1. The maximum Gasteiger partial charge on any atom is 0.218 e. The van der Waals surface area contributed by atoms with Gasteiger partial charge in [0.15, 0.2) is 0 Å². The molecule has 4 nitrogen and oxygen atoms in total. The number of ether oxygens (including phenoxy) is 1. The van der Waals surface area contributed by atoms with Crippen LogP contribution >= 0.6 is 0 Å². The average molecular weight is 263 g/mol. The average Bonchev–Trinajstić information content (AvgIpc) is 2.36. The van der Waals surface area contributed by atoms with Crippen LogP contribution in [-0.2, 0) is 6.54 Å². The first-order valence-electron chi connectivity index (χ1n) is 7.07. The van der Waals surface area contributed by atoms with Crippen molar-refractivity contribution in [2.24, 2.45) is 0 Å². The summed E-state index contributed by atoms with van der Waals surface area (Å²) in [4.78, 5) is 6.94. The molecule has 0 atom stereocenters. The summed E-state index contributed by atoms with van der Waals surface area (Å²) in [6, 6.07) is 2.12. The molecule has 4 heteroatoms.